The predicted molar refractivity (Wildman–Crippen MR) is 189 cm³/mol. The lowest BCUT2D eigenvalue weighted by molar-refractivity contribution is -0.119. The molecule has 0 bridgehead atoms. The predicted octanol–water partition coefficient (Wildman–Crippen LogP) is 9.02. The van der Waals surface area contributed by atoms with Gasteiger partial charge in [0.05, 0.1) is 24.1 Å². The first-order chi connectivity index (χ1) is 22.7. The third-order valence-corrected chi connectivity index (χ3v) is 7.43. The number of rotatable bonds is 12. The molecule has 0 aliphatic rings. The van der Waals surface area contributed by atoms with E-state index in [2.05, 4.69) is 46.2 Å². The third kappa shape index (κ3) is 12.8. The van der Waals surface area contributed by atoms with Crippen LogP contribution in [0.15, 0.2) is 103 Å². The van der Waals surface area contributed by atoms with Crippen molar-refractivity contribution in [3.05, 3.63) is 120 Å². The number of para-hydroxylation sites is 2. The molecule has 0 saturated carbocycles. The number of nitrogens with one attached hydrogen (secondary N) is 2. The summed E-state index contributed by atoms with van der Waals surface area (Å²) in [5.41, 5.74) is 4.17. The highest BCUT2D eigenvalue weighted by atomic mass is 19.1. The van der Waals surface area contributed by atoms with E-state index >= 15 is 0 Å². The Balaban J connectivity index is 0.000000217. The minimum absolute atomic E-state index is 0.00471. The summed E-state index contributed by atoms with van der Waals surface area (Å²) in [7, 11) is 1.99. The number of ether oxygens (including phenoxy) is 1. The third-order valence-electron chi connectivity index (χ3n) is 7.43. The lowest BCUT2D eigenvalue weighted by Gasteiger charge is -2.12. The Bertz CT molecular complexity index is 1650. The number of unbranched alkanes of at least 4 members (excludes halogenated alkanes) is 1. The monoisotopic (exact) mass is 638 g/mol. The Kier molecular flexibility index (Phi) is 15.3. The second-order valence-electron chi connectivity index (χ2n) is 11.3. The molecule has 47 heavy (non-hydrogen) atoms. The van der Waals surface area contributed by atoms with Gasteiger partial charge in [-0.1, -0.05) is 81.6 Å². The molecule has 5 rings (SSSR count). The standard InChI is InChI=1S/C19H22FNO2.C13H17N3O.C7H8/c1-3-4-5-14(2)19(22)21-16-8-12-18(13-9-16)23-17-10-6-15(20)7-11-17;1-3-10(17)8-14-9-13-15-11-6-4-5-7-12(11)16(13)2;1-7-5-3-2-4-6-7/h6-14H,3-5H2,1-2H3,(H,21,22);4-7,14H,3,8-9H2,1-2H3;2-6H,1H3/t14-;;/m0../s1. The van der Waals surface area contributed by atoms with Crippen LogP contribution < -0.4 is 15.4 Å². The van der Waals surface area contributed by atoms with Gasteiger partial charge in [-0.3, -0.25) is 9.59 Å². The molecular weight excluding hydrogens is 591 g/mol. The highest BCUT2D eigenvalue weighted by Gasteiger charge is 2.12. The van der Waals surface area contributed by atoms with Gasteiger partial charge >= 0.3 is 0 Å². The molecule has 1 heterocycles. The van der Waals surface area contributed by atoms with Crippen molar-refractivity contribution < 1.29 is 18.7 Å². The lowest BCUT2D eigenvalue weighted by Crippen LogP contribution is -2.23. The fraction of sp³-hybridized carbons (Fsp3) is 0.308. The van der Waals surface area contributed by atoms with Crippen molar-refractivity contribution in [1.82, 2.24) is 14.9 Å². The highest BCUT2D eigenvalue weighted by molar-refractivity contribution is 5.92. The molecule has 0 aliphatic carbocycles. The Labute approximate surface area is 278 Å². The highest BCUT2D eigenvalue weighted by Crippen LogP contribution is 2.23. The molecule has 2 N–H and O–H groups in total. The van der Waals surface area contributed by atoms with Gasteiger partial charge in [-0.2, -0.15) is 0 Å². The number of aromatic nitrogens is 2. The lowest BCUT2D eigenvalue weighted by atomic mass is 10.0. The van der Waals surface area contributed by atoms with Crippen molar-refractivity contribution in [3.63, 3.8) is 0 Å². The van der Waals surface area contributed by atoms with Crippen LogP contribution in [-0.2, 0) is 23.2 Å². The number of halogens is 1. The second kappa shape index (κ2) is 19.6. The molecule has 0 spiro atoms. The van der Waals surface area contributed by atoms with Crippen molar-refractivity contribution in [1.29, 1.82) is 0 Å². The molecule has 0 aliphatic heterocycles. The molecule has 5 aromatic rings. The number of benzene rings is 4. The molecule has 0 saturated heterocycles. The van der Waals surface area contributed by atoms with Gasteiger partial charge in [0.25, 0.3) is 0 Å². The maximum atomic E-state index is 12.8. The summed E-state index contributed by atoms with van der Waals surface area (Å²) in [4.78, 5) is 27.7. The van der Waals surface area contributed by atoms with Crippen LogP contribution >= 0.6 is 0 Å². The van der Waals surface area contributed by atoms with Crippen molar-refractivity contribution in [3.8, 4) is 11.5 Å². The van der Waals surface area contributed by atoms with Crippen LogP contribution in [0.4, 0.5) is 10.1 Å². The quantitative estimate of drug-likeness (QED) is 0.142. The van der Waals surface area contributed by atoms with Crippen LogP contribution in [0.5, 0.6) is 11.5 Å². The zero-order chi connectivity index (χ0) is 34.0. The first-order valence-electron chi connectivity index (χ1n) is 16.2. The van der Waals surface area contributed by atoms with Gasteiger partial charge in [0, 0.05) is 25.1 Å². The van der Waals surface area contributed by atoms with E-state index in [1.165, 1.54) is 17.7 Å². The summed E-state index contributed by atoms with van der Waals surface area (Å²) < 4.78 is 20.5. The molecule has 7 nitrogen and oxygen atoms in total. The second-order valence-corrected chi connectivity index (χ2v) is 11.3. The van der Waals surface area contributed by atoms with Crippen molar-refractivity contribution in [2.45, 2.75) is 59.9 Å². The van der Waals surface area contributed by atoms with Gasteiger partial charge in [-0.15, -0.1) is 0 Å². The molecule has 248 valence electrons. The first kappa shape index (κ1) is 36.6. The number of carbonyl (C=O) groups excluding carboxylic acids is 2. The van der Waals surface area contributed by atoms with Crippen LogP contribution in [-0.4, -0.2) is 27.8 Å². The van der Waals surface area contributed by atoms with Crippen molar-refractivity contribution >= 4 is 28.4 Å². The SMILES string of the molecule is CCC(=O)CNCc1nc2ccccc2n1C.CCCC[C@H](C)C(=O)Nc1ccc(Oc2ccc(F)cc2)cc1.Cc1ccccc1. The fourth-order valence-corrected chi connectivity index (χ4v) is 4.48. The minimum atomic E-state index is -0.299. The number of aryl methyl sites for hydroxylation is 2. The summed E-state index contributed by atoms with van der Waals surface area (Å²) in [6.45, 7) is 9.05. The summed E-state index contributed by atoms with van der Waals surface area (Å²) in [5.74, 6) is 2.12. The van der Waals surface area contributed by atoms with Crippen LogP contribution in [0.2, 0.25) is 0 Å². The summed E-state index contributed by atoms with van der Waals surface area (Å²) in [6, 6.07) is 31.3. The minimum Gasteiger partial charge on any atom is -0.457 e. The molecule has 1 aromatic heterocycles. The summed E-state index contributed by atoms with van der Waals surface area (Å²) in [6.07, 6.45) is 3.62. The Hall–Kier alpha value is -4.82. The van der Waals surface area contributed by atoms with Gasteiger partial charge in [0.2, 0.25) is 5.91 Å². The fourth-order valence-electron chi connectivity index (χ4n) is 4.48. The van der Waals surface area contributed by atoms with Crippen LogP contribution in [0.25, 0.3) is 11.0 Å². The molecule has 8 heteroatoms. The Morgan fingerprint density at radius 3 is 2.06 bits per heavy atom. The number of hydrogen-bond acceptors (Lipinski definition) is 5. The van der Waals surface area contributed by atoms with Gasteiger partial charge in [0.1, 0.15) is 28.9 Å². The first-order valence-corrected chi connectivity index (χ1v) is 16.2. The molecule has 0 radical (unpaired) electrons. The van der Waals surface area contributed by atoms with Gasteiger partial charge in [-0.05, 0) is 74.0 Å². The largest absolute Gasteiger partial charge is 0.457 e. The van der Waals surface area contributed by atoms with Crippen LogP contribution in [0.1, 0.15) is 57.8 Å². The molecule has 0 fully saturated rings. The molecule has 1 amide bonds. The normalized spacial score (nSPS) is 11.0. The number of ketones is 1. The van der Waals surface area contributed by atoms with E-state index in [0.29, 0.717) is 31.0 Å². The number of carbonyl (C=O) groups is 2. The van der Waals surface area contributed by atoms with Crippen molar-refractivity contribution in [2.75, 3.05) is 11.9 Å². The summed E-state index contributed by atoms with van der Waals surface area (Å²) >= 11 is 0. The number of amides is 1. The molecular formula is C39H47FN4O3. The maximum absolute atomic E-state index is 12.8. The maximum Gasteiger partial charge on any atom is 0.227 e. The Morgan fingerprint density at radius 1 is 0.872 bits per heavy atom. The molecule has 4 aromatic carbocycles. The zero-order valence-corrected chi connectivity index (χ0v) is 28.1. The number of imidazole rings is 1. The van der Waals surface area contributed by atoms with E-state index in [4.69, 9.17) is 4.74 Å². The summed E-state index contributed by atoms with van der Waals surface area (Å²) in [5, 5.41) is 6.03. The Morgan fingerprint density at radius 2 is 1.49 bits per heavy atom. The van der Waals surface area contributed by atoms with Gasteiger partial charge < -0.3 is 19.9 Å². The van der Waals surface area contributed by atoms with E-state index in [1.54, 1.807) is 36.4 Å². The average Bonchev–Trinajstić information content (AvgIpc) is 3.41. The molecule has 0 unspecified atom stereocenters. The van der Waals surface area contributed by atoms with Gasteiger partial charge in [-0.25, -0.2) is 9.37 Å². The number of fused-ring (bicyclic) bond motifs is 1. The molecule has 1 atom stereocenters. The van der Waals surface area contributed by atoms with E-state index in [-0.39, 0.29) is 23.4 Å². The number of Topliss-reactive ketones (excluding diaryl/α,β-unsaturated/α-hetero) is 1. The number of nitrogens with zero attached hydrogens (tertiary/aromatic N) is 2. The van der Waals surface area contributed by atoms with Crippen LogP contribution in [0.3, 0.4) is 0 Å². The van der Waals surface area contributed by atoms with Crippen LogP contribution in [0, 0.1) is 18.7 Å². The van der Waals surface area contributed by atoms with E-state index < -0.39 is 0 Å². The van der Waals surface area contributed by atoms with E-state index in [0.717, 1.165) is 41.8 Å². The van der Waals surface area contributed by atoms with E-state index in [1.807, 2.05) is 63.4 Å². The number of anilines is 1. The topological polar surface area (TPSA) is 85.2 Å². The van der Waals surface area contributed by atoms with Crippen molar-refractivity contribution in [2.24, 2.45) is 13.0 Å². The smallest absolute Gasteiger partial charge is 0.227 e. The average molecular weight is 639 g/mol. The van der Waals surface area contributed by atoms with E-state index in [9.17, 15) is 14.0 Å². The zero-order valence-electron chi connectivity index (χ0n) is 28.1. The number of hydrogen-bond donors (Lipinski definition) is 2. The van der Waals surface area contributed by atoms with Gasteiger partial charge in [0.15, 0.2) is 0 Å².